The molecule has 0 atom stereocenters. The SMILES string of the molecule is c1ccc(-c2cccc3c2CC3)cc1. The first-order valence-corrected chi connectivity index (χ1v) is 5.11. The molecule has 0 aromatic heterocycles. The van der Waals surface area contributed by atoms with Crippen molar-refractivity contribution in [2.75, 3.05) is 0 Å². The molecule has 0 aliphatic heterocycles. The van der Waals surface area contributed by atoms with Crippen molar-refractivity contribution in [1.82, 2.24) is 0 Å². The normalized spacial score (nSPS) is 13.1. The van der Waals surface area contributed by atoms with Crippen LogP contribution in [-0.2, 0) is 12.8 Å². The molecule has 68 valence electrons. The van der Waals surface area contributed by atoms with E-state index in [1.807, 2.05) is 0 Å². The maximum absolute atomic E-state index is 2.24. The van der Waals surface area contributed by atoms with Crippen LogP contribution in [0.2, 0.25) is 0 Å². The van der Waals surface area contributed by atoms with Gasteiger partial charge >= 0.3 is 0 Å². The molecule has 0 saturated carbocycles. The fourth-order valence-electron chi connectivity index (χ4n) is 2.14. The summed E-state index contributed by atoms with van der Waals surface area (Å²) in [5.74, 6) is 0. The van der Waals surface area contributed by atoms with E-state index >= 15 is 0 Å². The predicted molar refractivity (Wildman–Crippen MR) is 59.3 cm³/mol. The van der Waals surface area contributed by atoms with Crippen LogP contribution in [0.1, 0.15) is 11.1 Å². The van der Waals surface area contributed by atoms with Crippen molar-refractivity contribution in [2.45, 2.75) is 12.8 Å². The van der Waals surface area contributed by atoms with Crippen molar-refractivity contribution < 1.29 is 0 Å². The van der Waals surface area contributed by atoms with Gasteiger partial charge in [0.2, 0.25) is 0 Å². The molecular weight excluding hydrogens is 168 g/mol. The first kappa shape index (κ1) is 7.81. The molecule has 0 nitrogen and oxygen atoms in total. The zero-order valence-corrected chi connectivity index (χ0v) is 8.03. The first-order chi connectivity index (χ1) is 6.95. The van der Waals surface area contributed by atoms with E-state index in [1.54, 1.807) is 5.56 Å². The summed E-state index contributed by atoms with van der Waals surface area (Å²) in [6, 6.07) is 17.3. The zero-order chi connectivity index (χ0) is 9.38. The van der Waals surface area contributed by atoms with Gasteiger partial charge in [-0.25, -0.2) is 0 Å². The Morgan fingerprint density at radius 3 is 2.29 bits per heavy atom. The van der Waals surface area contributed by atoms with Gasteiger partial charge in [0.15, 0.2) is 0 Å². The van der Waals surface area contributed by atoms with E-state index in [0.29, 0.717) is 0 Å². The smallest absolute Gasteiger partial charge is 0.0149 e. The van der Waals surface area contributed by atoms with Crippen LogP contribution in [0.15, 0.2) is 48.5 Å². The molecule has 0 N–H and O–H groups in total. The Morgan fingerprint density at radius 2 is 1.57 bits per heavy atom. The van der Waals surface area contributed by atoms with Gasteiger partial charge in [-0.3, -0.25) is 0 Å². The minimum absolute atomic E-state index is 1.25. The molecule has 0 unspecified atom stereocenters. The van der Waals surface area contributed by atoms with E-state index in [9.17, 15) is 0 Å². The van der Waals surface area contributed by atoms with Crippen LogP contribution in [0.4, 0.5) is 0 Å². The summed E-state index contributed by atoms with van der Waals surface area (Å²) >= 11 is 0. The zero-order valence-electron chi connectivity index (χ0n) is 8.03. The Hall–Kier alpha value is -1.56. The number of aryl methyl sites for hydroxylation is 1. The van der Waals surface area contributed by atoms with Crippen molar-refractivity contribution in [1.29, 1.82) is 0 Å². The van der Waals surface area contributed by atoms with Crippen LogP contribution in [0.3, 0.4) is 0 Å². The number of hydrogen-bond donors (Lipinski definition) is 0. The van der Waals surface area contributed by atoms with Crippen molar-refractivity contribution in [3.8, 4) is 11.1 Å². The second-order valence-corrected chi connectivity index (χ2v) is 3.81. The average Bonchev–Trinajstić information content (AvgIpc) is 2.21. The molecule has 0 spiro atoms. The molecule has 0 heterocycles. The molecule has 0 radical (unpaired) electrons. The lowest BCUT2D eigenvalue weighted by Gasteiger charge is -2.22. The molecule has 0 bridgehead atoms. The van der Waals surface area contributed by atoms with E-state index < -0.39 is 0 Å². The van der Waals surface area contributed by atoms with Gasteiger partial charge in [-0.2, -0.15) is 0 Å². The third kappa shape index (κ3) is 1.07. The van der Waals surface area contributed by atoms with Crippen LogP contribution >= 0.6 is 0 Å². The van der Waals surface area contributed by atoms with Crippen LogP contribution in [0.25, 0.3) is 11.1 Å². The third-order valence-corrected chi connectivity index (χ3v) is 3.00. The summed E-state index contributed by atoms with van der Waals surface area (Å²) in [4.78, 5) is 0. The lowest BCUT2D eigenvalue weighted by Crippen LogP contribution is -2.09. The Balaban J connectivity index is 2.18. The summed E-state index contributed by atoms with van der Waals surface area (Å²) in [5, 5.41) is 0. The van der Waals surface area contributed by atoms with Gasteiger partial charge in [0.25, 0.3) is 0 Å². The van der Waals surface area contributed by atoms with Crippen LogP contribution in [0.5, 0.6) is 0 Å². The fraction of sp³-hybridized carbons (Fsp3) is 0.143. The largest absolute Gasteiger partial charge is 0.0622 e. The van der Waals surface area contributed by atoms with Crippen molar-refractivity contribution in [3.05, 3.63) is 59.7 Å². The summed E-state index contributed by atoms with van der Waals surface area (Å²) in [6.07, 6.45) is 2.51. The van der Waals surface area contributed by atoms with Crippen LogP contribution in [-0.4, -0.2) is 0 Å². The number of fused-ring (bicyclic) bond motifs is 1. The van der Waals surface area contributed by atoms with Gasteiger partial charge in [0.1, 0.15) is 0 Å². The third-order valence-electron chi connectivity index (χ3n) is 3.00. The van der Waals surface area contributed by atoms with Crippen molar-refractivity contribution in [2.24, 2.45) is 0 Å². The maximum atomic E-state index is 2.24. The Labute approximate surface area is 84.2 Å². The maximum Gasteiger partial charge on any atom is -0.0149 e. The molecule has 2 aromatic carbocycles. The minimum atomic E-state index is 1.25. The van der Waals surface area contributed by atoms with Gasteiger partial charge in [-0.1, -0.05) is 48.5 Å². The molecule has 1 aliphatic rings. The van der Waals surface area contributed by atoms with Gasteiger partial charge < -0.3 is 0 Å². The first-order valence-electron chi connectivity index (χ1n) is 5.11. The van der Waals surface area contributed by atoms with Gasteiger partial charge in [0, 0.05) is 0 Å². The monoisotopic (exact) mass is 180 g/mol. The second-order valence-electron chi connectivity index (χ2n) is 3.81. The predicted octanol–water partition coefficient (Wildman–Crippen LogP) is 3.45. The van der Waals surface area contributed by atoms with Crippen LogP contribution in [0, 0.1) is 0 Å². The lowest BCUT2D eigenvalue weighted by atomic mass is 9.83. The lowest BCUT2D eigenvalue weighted by molar-refractivity contribution is 0.842. The van der Waals surface area contributed by atoms with Crippen molar-refractivity contribution >= 4 is 0 Å². The highest BCUT2D eigenvalue weighted by Gasteiger charge is 2.16. The highest BCUT2D eigenvalue weighted by atomic mass is 14.2. The molecule has 0 fully saturated rings. The van der Waals surface area contributed by atoms with Crippen LogP contribution < -0.4 is 0 Å². The van der Waals surface area contributed by atoms with Gasteiger partial charge in [0.05, 0.1) is 0 Å². The van der Waals surface area contributed by atoms with E-state index in [1.165, 1.54) is 29.5 Å². The topological polar surface area (TPSA) is 0 Å². The van der Waals surface area contributed by atoms with Crippen molar-refractivity contribution in [3.63, 3.8) is 0 Å². The molecule has 14 heavy (non-hydrogen) atoms. The molecular formula is C14H12. The van der Waals surface area contributed by atoms with E-state index in [0.717, 1.165) is 0 Å². The summed E-state index contributed by atoms with van der Waals surface area (Å²) in [7, 11) is 0. The van der Waals surface area contributed by atoms with E-state index in [4.69, 9.17) is 0 Å². The van der Waals surface area contributed by atoms with E-state index in [2.05, 4.69) is 48.5 Å². The minimum Gasteiger partial charge on any atom is -0.0622 e. The molecule has 2 aromatic rings. The quantitative estimate of drug-likeness (QED) is 0.630. The van der Waals surface area contributed by atoms with Gasteiger partial charge in [-0.05, 0) is 35.1 Å². The molecule has 0 heteroatoms. The Kier molecular flexibility index (Phi) is 1.66. The van der Waals surface area contributed by atoms with E-state index in [-0.39, 0.29) is 0 Å². The number of rotatable bonds is 1. The number of hydrogen-bond acceptors (Lipinski definition) is 0. The fourth-order valence-corrected chi connectivity index (χ4v) is 2.14. The molecule has 0 saturated heterocycles. The molecule has 3 rings (SSSR count). The standard InChI is InChI=1S/C14H12/c1-2-5-11(6-3-1)13-8-4-7-12-9-10-14(12)13/h1-8H,9-10H2. The molecule has 1 aliphatic carbocycles. The summed E-state index contributed by atoms with van der Waals surface area (Å²) < 4.78 is 0. The summed E-state index contributed by atoms with van der Waals surface area (Å²) in [5.41, 5.74) is 5.86. The molecule has 0 amide bonds. The average molecular weight is 180 g/mol. The second kappa shape index (κ2) is 2.98. The van der Waals surface area contributed by atoms with Gasteiger partial charge in [-0.15, -0.1) is 0 Å². The highest BCUT2D eigenvalue weighted by Crippen LogP contribution is 2.32. The number of benzene rings is 2. The Morgan fingerprint density at radius 1 is 0.714 bits per heavy atom. The summed E-state index contributed by atoms with van der Waals surface area (Å²) in [6.45, 7) is 0. The highest BCUT2D eigenvalue weighted by molar-refractivity contribution is 5.70. The Bertz CT molecular complexity index is 455.